The van der Waals surface area contributed by atoms with Gasteiger partial charge in [-0.15, -0.1) is 0 Å². The molecule has 1 heterocycles. The number of hydrogen-bond acceptors (Lipinski definition) is 5. The maximum atomic E-state index is 12.3. The van der Waals surface area contributed by atoms with Gasteiger partial charge in [-0.1, -0.05) is 36.0 Å². The fraction of sp³-hybridized carbons (Fsp3) is 0.333. The van der Waals surface area contributed by atoms with Crippen molar-refractivity contribution in [2.45, 2.75) is 38.4 Å². The third-order valence-corrected chi connectivity index (χ3v) is 4.42. The monoisotopic (exact) mass is 359 g/mol. The molecule has 0 aliphatic heterocycles. The number of carboxylic acids is 1. The number of nitrogens with zero attached hydrogens (tertiary/aromatic N) is 2. The predicted octanol–water partition coefficient (Wildman–Crippen LogP) is 2.83. The number of carbonyl (C=O) groups is 2. The smallest absolute Gasteiger partial charge is 0.305 e. The predicted molar refractivity (Wildman–Crippen MR) is 96.5 cm³/mol. The van der Waals surface area contributed by atoms with Crippen LogP contribution in [0.2, 0.25) is 0 Å². The van der Waals surface area contributed by atoms with Crippen molar-refractivity contribution < 1.29 is 14.7 Å². The lowest BCUT2D eigenvalue weighted by Gasteiger charge is -2.19. The number of aryl methyl sites for hydroxylation is 3. The van der Waals surface area contributed by atoms with E-state index in [0.717, 1.165) is 22.5 Å². The van der Waals surface area contributed by atoms with E-state index in [1.54, 1.807) is 0 Å². The normalized spacial score (nSPS) is 11.8. The van der Waals surface area contributed by atoms with Crippen LogP contribution in [-0.4, -0.2) is 32.7 Å². The summed E-state index contributed by atoms with van der Waals surface area (Å²) in [6.07, 6.45) is -0.165. The number of hydrogen-bond donors (Lipinski definition) is 2. The first-order valence-corrected chi connectivity index (χ1v) is 8.85. The van der Waals surface area contributed by atoms with Gasteiger partial charge in [-0.3, -0.25) is 9.59 Å². The van der Waals surface area contributed by atoms with Gasteiger partial charge in [-0.05, 0) is 38.0 Å². The van der Waals surface area contributed by atoms with E-state index in [1.165, 1.54) is 11.8 Å². The molecule has 1 atom stereocenters. The number of rotatable bonds is 7. The molecule has 0 aliphatic rings. The molecule has 2 rings (SSSR count). The van der Waals surface area contributed by atoms with E-state index >= 15 is 0 Å². The number of nitrogens with one attached hydrogen (secondary N) is 1. The Hall–Kier alpha value is -2.41. The molecule has 0 spiro atoms. The van der Waals surface area contributed by atoms with E-state index < -0.39 is 12.0 Å². The molecular formula is C18H21N3O3S. The summed E-state index contributed by atoms with van der Waals surface area (Å²) in [6, 6.07) is 8.75. The van der Waals surface area contributed by atoms with Crippen molar-refractivity contribution in [3.05, 3.63) is 52.8 Å². The molecule has 0 aliphatic carbocycles. The molecular weight excluding hydrogens is 338 g/mol. The van der Waals surface area contributed by atoms with E-state index in [9.17, 15) is 9.59 Å². The topological polar surface area (TPSA) is 92.2 Å². The number of carbonyl (C=O) groups excluding carboxylic acids is 1. The molecule has 0 fully saturated rings. The summed E-state index contributed by atoms with van der Waals surface area (Å²) in [6.45, 7) is 5.65. The number of benzene rings is 1. The summed E-state index contributed by atoms with van der Waals surface area (Å²) in [5, 5.41) is 12.5. The van der Waals surface area contributed by atoms with Crippen LogP contribution in [-0.2, 0) is 9.59 Å². The van der Waals surface area contributed by atoms with Gasteiger partial charge in [0.2, 0.25) is 5.91 Å². The maximum absolute atomic E-state index is 12.3. The summed E-state index contributed by atoms with van der Waals surface area (Å²) in [5.41, 5.74) is 3.45. The minimum atomic E-state index is -0.959. The van der Waals surface area contributed by atoms with E-state index in [0.29, 0.717) is 5.16 Å². The zero-order valence-electron chi connectivity index (χ0n) is 14.4. The Labute approximate surface area is 151 Å². The number of amides is 1. The van der Waals surface area contributed by atoms with Gasteiger partial charge < -0.3 is 10.4 Å². The third kappa shape index (κ3) is 5.86. The first-order valence-electron chi connectivity index (χ1n) is 7.87. The molecule has 132 valence electrons. The fourth-order valence-electron chi connectivity index (χ4n) is 2.52. The highest BCUT2D eigenvalue weighted by Crippen LogP contribution is 2.21. The van der Waals surface area contributed by atoms with Crippen molar-refractivity contribution in [2.24, 2.45) is 0 Å². The van der Waals surface area contributed by atoms with Crippen LogP contribution in [0.5, 0.6) is 0 Å². The molecule has 6 nitrogen and oxygen atoms in total. The molecule has 0 saturated heterocycles. The minimum Gasteiger partial charge on any atom is -0.481 e. The molecule has 25 heavy (non-hydrogen) atoms. The lowest BCUT2D eigenvalue weighted by Crippen LogP contribution is -2.32. The van der Waals surface area contributed by atoms with Crippen LogP contribution >= 0.6 is 11.8 Å². The van der Waals surface area contributed by atoms with Gasteiger partial charge in [0.05, 0.1) is 18.2 Å². The Kier molecular flexibility index (Phi) is 6.52. The summed E-state index contributed by atoms with van der Waals surface area (Å²) < 4.78 is 0. The number of thioether (sulfide) groups is 1. The molecule has 1 amide bonds. The first-order chi connectivity index (χ1) is 11.8. The van der Waals surface area contributed by atoms with Crippen molar-refractivity contribution in [1.29, 1.82) is 0 Å². The van der Waals surface area contributed by atoms with Crippen LogP contribution in [0.1, 0.15) is 35.0 Å². The second-order valence-corrected chi connectivity index (χ2v) is 6.74. The maximum Gasteiger partial charge on any atom is 0.305 e. The lowest BCUT2D eigenvalue weighted by atomic mass is 9.99. The van der Waals surface area contributed by atoms with Crippen molar-refractivity contribution in [1.82, 2.24) is 15.3 Å². The van der Waals surface area contributed by atoms with Gasteiger partial charge in [-0.2, -0.15) is 0 Å². The van der Waals surface area contributed by atoms with E-state index in [4.69, 9.17) is 5.11 Å². The highest BCUT2D eigenvalue weighted by Gasteiger charge is 2.19. The number of aliphatic carboxylic acids is 1. The summed E-state index contributed by atoms with van der Waals surface area (Å²) >= 11 is 1.24. The molecule has 1 aromatic carbocycles. The average Bonchev–Trinajstić information content (AvgIpc) is 2.51. The standard InChI is InChI=1S/C18H21N3O3S/c1-11-6-4-5-7-14(11)15(9-17(23)24)21-16(22)10-25-18-19-12(2)8-13(3)20-18/h4-8,15H,9-10H2,1-3H3,(H,21,22)(H,23,24). The van der Waals surface area contributed by atoms with Crippen LogP contribution in [0.3, 0.4) is 0 Å². The molecule has 1 aromatic heterocycles. The highest BCUT2D eigenvalue weighted by atomic mass is 32.2. The Balaban J connectivity index is 2.04. The molecule has 0 bridgehead atoms. The molecule has 0 saturated carbocycles. The summed E-state index contributed by atoms with van der Waals surface area (Å²) in [4.78, 5) is 32.0. The van der Waals surface area contributed by atoms with Crippen molar-refractivity contribution in [3.8, 4) is 0 Å². The van der Waals surface area contributed by atoms with Gasteiger partial charge in [0.15, 0.2) is 5.16 Å². The molecule has 2 N–H and O–H groups in total. The quantitative estimate of drug-likeness (QED) is 0.583. The van der Waals surface area contributed by atoms with Gasteiger partial charge in [0.25, 0.3) is 0 Å². The van der Waals surface area contributed by atoms with E-state index in [2.05, 4.69) is 15.3 Å². The van der Waals surface area contributed by atoms with E-state index in [-0.39, 0.29) is 18.1 Å². The minimum absolute atomic E-state index is 0.130. The second-order valence-electron chi connectivity index (χ2n) is 5.80. The highest BCUT2D eigenvalue weighted by molar-refractivity contribution is 7.99. The molecule has 1 unspecified atom stereocenters. The van der Waals surface area contributed by atoms with Crippen molar-refractivity contribution in [3.63, 3.8) is 0 Å². The zero-order valence-corrected chi connectivity index (χ0v) is 15.3. The average molecular weight is 359 g/mol. The Morgan fingerprint density at radius 3 is 2.40 bits per heavy atom. The molecule has 2 aromatic rings. The Morgan fingerprint density at radius 1 is 1.16 bits per heavy atom. The first kappa shape index (κ1) is 18.9. The van der Waals surface area contributed by atoms with Crippen LogP contribution < -0.4 is 5.32 Å². The van der Waals surface area contributed by atoms with E-state index in [1.807, 2.05) is 51.1 Å². The van der Waals surface area contributed by atoms with Crippen LogP contribution in [0.15, 0.2) is 35.5 Å². The SMILES string of the molecule is Cc1cc(C)nc(SCC(=O)NC(CC(=O)O)c2ccccc2C)n1. The zero-order chi connectivity index (χ0) is 18.4. The van der Waals surface area contributed by atoms with Gasteiger partial charge in [0, 0.05) is 11.4 Å². The van der Waals surface area contributed by atoms with Crippen LogP contribution in [0, 0.1) is 20.8 Å². The van der Waals surface area contributed by atoms with Crippen molar-refractivity contribution >= 4 is 23.6 Å². The van der Waals surface area contributed by atoms with Crippen LogP contribution in [0.4, 0.5) is 0 Å². The summed E-state index contributed by atoms with van der Waals surface area (Å²) in [5.74, 6) is -1.08. The van der Waals surface area contributed by atoms with Crippen molar-refractivity contribution in [2.75, 3.05) is 5.75 Å². The van der Waals surface area contributed by atoms with Crippen LogP contribution in [0.25, 0.3) is 0 Å². The largest absolute Gasteiger partial charge is 0.481 e. The lowest BCUT2D eigenvalue weighted by molar-refractivity contribution is -0.137. The van der Waals surface area contributed by atoms with Gasteiger partial charge in [-0.25, -0.2) is 9.97 Å². The van der Waals surface area contributed by atoms with Gasteiger partial charge in [0.1, 0.15) is 0 Å². The Bertz CT molecular complexity index is 760. The summed E-state index contributed by atoms with van der Waals surface area (Å²) in [7, 11) is 0. The Morgan fingerprint density at radius 2 is 1.80 bits per heavy atom. The fourth-order valence-corrected chi connectivity index (χ4v) is 3.28. The third-order valence-electron chi connectivity index (χ3n) is 3.57. The molecule has 7 heteroatoms. The molecule has 0 radical (unpaired) electrons. The number of aromatic nitrogens is 2. The second kappa shape index (κ2) is 8.62. The van der Waals surface area contributed by atoms with Gasteiger partial charge >= 0.3 is 5.97 Å². The number of carboxylic acid groups (broad SMARTS) is 1.